The highest BCUT2D eigenvalue weighted by molar-refractivity contribution is 8.20. The van der Waals surface area contributed by atoms with Crippen LogP contribution in [0.25, 0.3) is 0 Å². The van der Waals surface area contributed by atoms with Crippen molar-refractivity contribution in [2.45, 2.75) is 11.8 Å². The molecular weight excluding hydrogens is 429 g/mol. The van der Waals surface area contributed by atoms with Crippen LogP contribution in [-0.4, -0.2) is 17.6 Å². The first-order valence-corrected chi connectivity index (χ1v) is 11.5. The molecule has 0 spiro atoms. The summed E-state index contributed by atoms with van der Waals surface area (Å²) in [5.74, 6) is -0.498. The zero-order valence-corrected chi connectivity index (χ0v) is 18.3. The van der Waals surface area contributed by atoms with Crippen molar-refractivity contribution in [3.05, 3.63) is 94.6 Å². The fraction of sp³-hybridized carbons (Fsp3) is 0.0833. The number of para-hydroxylation sites is 2. The molecular formula is C24H18FN3OS2. The van der Waals surface area contributed by atoms with Gasteiger partial charge in [0.25, 0.3) is 5.91 Å². The Kier molecular flexibility index (Phi) is 5.29. The summed E-state index contributed by atoms with van der Waals surface area (Å²) in [6.07, 6.45) is 0. The Morgan fingerprint density at radius 3 is 2.35 bits per heavy atom. The van der Waals surface area contributed by atoms with Crippen molar-refractivity contribution in [2.24, 2.45) is 4.99 Å². The number of halogens is 1. The number of amidine groups is 1. The maximum atomic E-state index is 13.6. The molecule has 5 rings (SSSR count). The van der Waals surface area contributed by atoms with E-state index in [1.54, 1.807) is 28.8 Å². The maximum Gasteiger partial charge on any atom is 0.274 e. The molecule has 0 atom stereocenters. The van der Waals surface area contributed by atoms with E-state index in [2.05, 4.69) is 24.0 Å². The lowest BCUT2D eigenvalue weighted by Crippen LogP contribution is -2.29. The van der Waals surface area contributed by atoms with Gasteiger partial charge in [0.1, 0.15) is 15.8 Å². The van der Waals surface area contributed by atoms with Gasteiger partial charge in [0.15, 0.2) is 5.17 Å². The summed E-state index contributed by atoms with van der Waals surface area (Å²) < 4.78 is 13.5. The van der Waals surface area contributed by atoms with E-state index in [0.29, 0.717) is 15.8 Å². The maximum absolute atomic E-state index is 13.6. The molecule has 7 heteroatoms. The number of nitrogens with zero attached hydrogens (tertiary/aromatic N) is 3. The minimum Gasteiger partial charge on any atom is -0.334 e. The summed E-state index contributed by atoms with van der Waals surface area (Å²) in [4.78, 5) is 23.8. The summed E-state index contributed by atoms with van der Waals surface area (Å²) >= 11 is 2.96. The molecule has 1 fully saturated rings. The van der Waals surface area contributed by atoms with E-state index in [1.165, 1.54) is 23.9 Å². The summed E-state index contributed by atoms with van der Waals surface area (Å²) in [5.41, 5.74) is 2.45. The Morgan fingerprint density at radius 1 is 0.903 bits per heavy atom. The summed E-state index contributed by atoms with van der Waals surface area (Å²) in [6.45, 7) is 2.82. The van der Waals surface area contributed by atoms with Gasteiger partial charge in [-0.05, 0) is 67.2 Å². The van der Waals surface area contributed by atoms with Gasteiger partial charge in [-0.2, -0.15) is 0 Å². The molecule has 0 bridgehead atoms. The van der Waals surface area contributed by atoms with Gasteiger partial charge >= 0.3 is 0 Å². The minimum absolute atomic E-state index is 0.153. The van der Waals surface area contributed by atoms with Crippen LogP contribution in [-0.2, 0) is 4.79 Å². The molecule has 3 aromatic carbocycles. The fourth-order valence-electron chi connectivity index (χ4n) is 3.53. The third-order valence-electron chi connectivity index (χ3n) is 4.97. The summed E-state index contributed by atoms with van der Waals surface area (Å²) in [5, 5.41) is 1.46. The van der Waals surface area contributed by atoms with Gasteiger partial charge < -0.3 is 4.90 Å². The van der Waals surface area contributed by atoms with Crippen molar-refractivity contribution >= 4 is 51.7 Å². The van der Waals surface area contributed by atoms with Crippen LogP contribution in [0.2, 0.25) is 0 Å². The number of aliphatic imine (C=N–C) groups is 1. The molecule has 0 saturated carbocycles. The van der Waals surface area contributed by atoms with E-state index in [0.717, 1.165) is 27.8 Å². The predicted molar refractivity (Wildman–Crippen MR) is 127 cm³/mol. The van der Waals surface area contributed by atoms with Gasteiger partial charge in [-0.25, -0.2) is 9.38 Å². The average molecular weight is 448 g/mol. The number of carbonyl (C=O) groups is 1. The van der Waals surface area contributed by atoms with Gasteiger partial charge in [-0.15, -0.1) is 0 Å². The van der Waals surface area contributed by atoms with Crippen LogP contribution in [0.5, 0.6) is 0 Å². The Labute approximate surface area is 188 Å². The Bertz CT molecular complexity index is 1210. The van der Waals surface area contributed by atoms with Crippen molar-refractivity contribution in [3.63, 3.8) is 0 Å². The number of rotatable bonds is 3. The molecule has 1 saturated heterocycles. The minimum atomic E-state index is -0.345. The summed E-state index contributed by atoms with van der Waals surface area (Å²) in [6, 6.07) is 23.6. The monoisotopic (exact) mass is 447 g/mol. The molecule has 0 aromatic heterocycles. The van der Waals surface area contributed by atoms with Crippen LogP contribution in [0.15, 0.2) is 98.7 Å². The molecule has 0 unspecified atom stereocenters. The van der Waals surface area contributed by atoms with Crippen LogP contribution < -0.4 is 9.80 Å². The van der Waals surface area contributed by atoms with Gasteiger partial charge in [0.05, 0.1) is 17.1 Å². The predicted octanol–water partition coefficient (Wildman–Crippen LogP) is 6.39. The molecule has 0 aliphatic carbocycles. The van der Waals surface area contributed by atoms with E-state index in [-0.39, 0.29) is 11.7 Å². The highest BCUT2D eigenvalue weighted by Crippen LogP contribution is 2.51. The van der Waals surface area contributed by atoms with E-state index in [1.807, 2.05) is 42.5 Å². The second-order valence-corrected chi connectivity index (χ2v) is 8.91. The normalized spacial score (nSPS) is 19.4. The Hall–Kier alpha value is -3.03. The number of thioether (sulfide) groups is 2. The molecule has 2 aliphatic heterocycles. The number of anilines is 2. The van der Waals surface area contributed by atoms with Gasteiger partial charge in [0, 0.05) is 11.4 Å². The van der Waals surface area contributed by atoms with Gasteiger partial charge in [-0.1, -0.05) is 42.1 Å². The quantitative estimate of drug-likeness (QED) is 0.436. The first-order chi connectivity index (χ1) is 15.2. The van der Waals surface area contributed by atoms with E-state index in [4.69, 9.17) is 4.99 Å². The SMILES string of the molecule is CCN1C(=C2SC(=Nc3ccccc3)N(c3ccc(F)cc3)C2=O)Sc2ccccc21. The first-order valence-electron chi connectivity index (χ1n) is 9.86. The van der Waals surface area contributed by atoms with Crippen LogP contribution in [0, 0.1) is 5.82 Å². The number of hydrogen-bond donors (Lipinski definition) is 0. The Morgan fingerprint density at radius 2 is 1.61 bits per heavy atom. The van der Waals surface area contributed by atoms with Crippen LogP contribution in [0.3, 0.4) is 0 Å². The highest BCUT2D eigenvalue weighted by Gasteiger charge is 2.40. The van der Waals surface area contributed by atoms with Crippen LogP contribution in [0.1, 0.15) is 6.92 Å². The number of hydrogen-bond acceptors (Lipinski definition) is 5. The second kappa shape index (κ2) is 8.24. The van der Waals surface area contributed by atoms with Crippen molar-refractivity contribution in [3.8, 4) is 0 Å². The Balaban J connectivity index is 1.63. The topological polar surface area (TPSA) is 35.9 Å². The molecule has 0 N–H and O–H groups in total. The zero-order chi connectivity index (χ0) is 21.4. The lowest BCUT2D eigenvalue weighted by atomic mass is 10.2. The molecule has 4 nitrogen and oxygen atoms in total. The molecule has 3 aromatic rings. The van der Waals surface area contributed by atoms with E-state index < -0.39 is 0 Å². The standard InChI is InChI=1S/C24H18FN3OS2/c1-2-27-19-10-6-7-11-20(19)30-23(27)21-22(29)28(18-14-12-16(25)13-15-18)24(31-21)26-17-8-4-3-5-9-17/h3-15H,2H2,1H3. The lowest BCUT2D eigenvalue weighted by Gasteiger charge is -2.19. The van der Waals surface area contributed by atoms with Crippen LogP contribution in [0.4, 0.5) is 21.5 Å². The third-order valence-corrected chi connectivity index (χ3v) is 7.31. The van der Waals surface area contributed by atoms with E-state index >= 15 is 0 Å². The molecule has 154 valence electrons. The fourth-order valence-corrected chi connectivity index (χ4v) is 5.92. The summed E-state index contributed by atoms with van der Waals surface area (Å²) in [7, 11) is 0. The number of benzene rings is 3. The van der Waals surface area contributed by atoms with Gasteiger partial charge in [-0.3, -0.25) is 9.69 Å². The number of amides is 1. The first kappa shape index (κ1) is 19.9. The smallest absolute Gasteiger partial charge is 0.274 e. The van der Waals surface area contributed by atoms with Crippen molar-refractivity contribution in [1.82, 2.24) is 0 Å². The third kappa shape index (κ3) is 3.64. The lowest BCUT2D eigenvalue weighted by molar-refractivity contribution is -0.113. The van der Waals surface area contributed by atoms with Crippen LogP contribution >= 0.6 is 23.5 Å². The zero-order valence-electron chi connectivity index (χ0n) is 16.7. The highest BCUT2D eigenvalue weighted by atomic mass is 32.2. The molecule has 31 heavy (non-hydrogen) atoms. The molecule has 2 aliphatic rings. The van der Waals surface area contributed by atoms with Crippen molar-refractivity contribution < 1.29 is 9.18 Å². The largest absolute Gasteiger partial charge is 0.334 e. The number of fused-ring (bicyclic) bond motifs is 1. The molecule has 2 heterocycles. The average Bonchev–Trinajstić information content (AvgIpc) is 3.32. The molecule has 0 radical (unpaired) electrons. The van der Waals surface area contributed by atoms with Gasteiger partial charge in [0.2, 0.25) is 0 Å². The second-order valence-electron chi connectivity index (χ2n) is 6.90. The van der Waals surface area contributed by atoms with Crippen molar-refractivity contribution in [2.75, 3.05) is 16.3 Å². The van der Waals surface area contributed by atoms with Crippen molar-refractivity contribution in [1.29, 1.82) is 0 Å². The van der Waals surface area contributed by atoms with E-state index in [9.17, 15) is 9.18 Å². The number of carbonyl (C=O) groups excluding carboxylic acids is 1. The molecule has 1 amide bonds.